The van der Waals surface area contributed by atoms with E-state index in [1.54, 1.807) is 45.9 Å². The van der Waals surface area contributed by atoms with Gasteiger partial charge in [0.1, 0.15) is 0 Å². The molecule has 0 N–H and O–H groups in total. The van der Waals surface area contributed by atoms with E-state index in [0.717, 1.165) is 73.9 Å². The summed E-state index contributed by atoms with van der Waals surface area (Å²) >= 11 is 13.0. The quantitative estimate of drug-likeness (QED) is 0.118. The van der Waals surface area contributed by atoms with E-state index >= 15 is 0 Å². The van der Waals surface area contributed by atoms with Crippen molar-refractivity contribution >= 4 is 45.9 Å². The fraction of sp³-hybridized carbons (Fsp3) is 0.381. The zero-order valence-corrected chi connectivity index (χ0v) is 32.4. The Hall–Kier alpha value is -4.64. The van der Waals surface area contributed by atoms with Crippen LogP contribution in [0.1, 0.15) is 64.2 Å². The lowest BCUT2D eigenvalue weighted by atomic mass is 9.71. The number of para-hydroxylation sites is 2. The van der Waals surface area contributed by atoms with Gasteiger partial charge in [0, 0.05) is 48.9 Å². The zero-order valence-electron chi connectivity index (χ0n) is 30.9. The molecule has 2 aliphatic rings. The van der Waals surface area contributed by atoms with E-state index in [1.165, 1.54) is 0 Å². The molecule has 10 nitrogen and oxygen atoms in total. The van der Waals surface area contributed by atoms with Crippen LogP contribution in [0.15, 0.2) is 79.1 Å². The number of hydrogen-bond donors (Lipinski definition) is 0. The molecule has 7 rings (SSSR count). The number of methoxy groups -OCH3 is 3. The minimum Gasteiger partial charge on any atom is -0.493 e. The maximum Gasteiger partial charge on any atom is 0.254 e. The molecule has 0 radical (unpaired) electrons. The topological polar surface area (TPSA) is 99.0 Å². The molecule has 0 aliphatic carbocycles. The van der Waals surface area contributed by atoms with E-state index in [1.807, 2.05) is 59.5 Å². The number of ether oxygens (including phenoxy) is 3. The predicted octanol–water partition coefficient (Wildman–Crippen LogP) is 7.97. The highest BCUT2D eigenvalue weighted by atomic mass is 35.5. The number of amides is 1. The largest absolute Gasteiger partial charge is 0.493 e. The highest BCUT2D eigenvalue weighted by Crippen LogP contribution is 2.42. The van der Waals surface area contributed by atoms with E-state index in [9.17, 15) is 9.59 Å². The number of hydrogen-bond acceptors (Lipinski definition) is 8. The van der Waals surface area contributed by atoms with Gasteiger partial charge in [0.05, 0.1) is 42.4 Å². The van der Waals surface area contributed by atoms with E-state index in [4.69, 9.17) is 42.4 Å². The van der Waals surface area contributed by atoms with E-state index in [2.05, 4.69) is 14.5 Å². The summed E-state index contributed by atoms with van der Waals surface area (Å²) in [4.78, 5) is 41.6. The molecule has 54 heavy (non-hydrogen) atoms. The van der Waals surface area contributed by atoms with E-state index in [0.29, 0.717) is 58.3 Å². The second kappa shape index (κ2) is 16.4. The van der Waals surface area contributed by atoms with Crippen LogP contribution in [0.3, 0.4) is 0 Å². The summed E-state index contributed by atoms with van der Waals surface area (Å²) in [5.74, 6) is 1.70. The molecule has 5 aromatic rings. The molecule has 3 aromatic carbocycles. The van der Waals surface area contributed by atoms with Gasteiger partial charge >= 0.3 is 0 Å². The molecular formula is C42H45Cl2N5O5. The number of ketones is 1. The standard InChI is InChI=1S/C42H45Cl2N5O5/c1-52-36-23-30(24-37(53-2)39(36)54-3)41(51)48-19-6-15-42(27-48,31-9-10-32(43)33(44)25-31)16-22-47-20-13-29(14-21-47)38(50)40-46-34-7-4-5-8-35(34)49(40)26-28-11-17-45-18-12-28/h4-5,7-12,17-18,23-25,29H,6,13-16,19-22,26-27H2,1-3H3. The number of benzene rings is 3. The molecule has 2 saturated heterocycles. The number of fused-ring (bicyclic) bond motifs is 1. The third-order valence-electron chi connectivity index (χ3n) is 11.1. The van der Waals surface area contributed by atoms with Crippen molar-refractivity contribution in [3.05, 3.63) is 112 Å². The monoisotopic (exact) mass is 769 g/mol. The van der Waals surface area contributed by atoms with Gasteiger partial charge in [0.15, 0.2) is 17.3 Å². The van der Waals surface area contributed by atoms with Crippen LogP contribution in [0.5, 0.6) is 17.2 Å². The van der Waals surface area contributed by atoms with Gasteiger partial charge in [-0.15, -0.1) is 0 Å². The highest BCUT2D eigenvalue weighted by Gasteiger charge is 2.40. The molecule has 1 amide bonds. The number of carbonyl (C=O) groups is 2. The molecule has 12 heteroatoms. The number of nitrogens with zero attached hydrogens (tertiary/aromatic N) is 5. The molecule has 0 saturated carbocycles. The van der Waals surface area contributed by atoms with Crippen molar-refractivity contribution in [3.8, 4) is 17.2 Å². The summed E-state index contributed by atoms with van der Waals surface area (Å²) in [6.45, 7) is 4.10. The number of imidazole rings is 1. The SMILES string of the molecule is COc1cc(C(=O)N2CCCC(CCN3CCC(C(=O)c4nc5ccccc5n4Cc4ccncc4)CC3)(c3ccc(Cl)c(Cl)c3)C2)cc(OC)c1OC. The third-order valence-corrected chi connectivity index (χ3v) is 11.9. The summed E-state index contributed by atoms with van der Waals surface area (Å²) in [7, 11) is 4.63. The molecular weight excluding hydrogens is 725 g/mol. The maximum atomic E-state index is 14.2. The Morgan fingerprint density at radius 3 is 2.28 bits per heavy atom. The summed E-state index contributed by atoms with van der Waals surface area (Å²) in [5, 5.41) is 0.994. The molecule has 2 aliphatic heterocycles. The molecule has 0 spiro atoms. The summed E-state index contributed by atoms with van der Waals surface area (Å²) < 4.78 is 18.6. The average Bonchev–Trinajstić information content (AvgIpc) is 3.58. The second-order valence-corrected chi connectivity index (χ2v) is 15.1. The molecule has 282 valence electrons. The number of halogens is 2. The van der Waals surface area contributed by atoms with Crippen LogP contribution in [-0.4, -0.2) is 90.1 Å². The van der Waals surface area contributed by atoms with Crippen molar-refractivity contribution in [1.29, 1.82) is 0 Å². The van der Waals surface area contributed by atoms with Crippen molar-refractivity contribution in [2.24, 2.45) is 5.92 Å². The molecule has 2 fully saturated rings. The van der Waals surface area contributed by atoms with Gasteiger partial charge in [0.25, 0.3) is 5.91 Å². The lowest BCUT2D eigenvalue weighted by Gasteiger charge is -2.45. The Morgan fingerprint density at radius 2 is 1.59 bits per heavy atom. The molecule has 0 bridgehead atoms. The number of piperidine rings is 2. The van der Waals surface area contributed by atoms with Crippen molar-refractivity contribution in [2.75, 3.05) is 54.1 Å². The normalized spacial score (nSPS) is 18.1. The number of carbonyl (C=O) groups excluding carboxylic acids is 2. The second-order valence-electron chi connectivity index (χ2n) is 14.2. The van der Waals surface area contributed by atoms with Gasteiger partial charge < -0.3 is 28.6 Å². The maximum absolute atomic E-state index is 14.2. The number of rotatable bonds is 12. The molecule has 1 unspecified atom stereocenters. The minimum absolute atomic E-state index is 0.0976. The highest BCUT2D eigenvalue weighted by molar-refractivity contribution is 6.42. The first-order valence-electron chi connectivity index (χ1n) is 18.4. The van der Waals surface area contributed by atoms with Gasteiger partial charge in [-0.05, 0) is 111 Å². The number of aromatic nitrogens is 3. The Morgan fingerprint density at radius 1 is 0.870 bits per heavy atom. The Kier molecular flexibility index (Phi) is 11.4. The lowest BCUT2D eigenvalue weighted by molar-refractivity contribution is 0.0600. The zero-order chi connectivity index (χ0) is 37.8. The smallest absolute Gasteiger partial charge is 0.254 e. The van der Waals surface area contributed by atoms with Crippen LogP contribution < -0.4 is 14.2 Å². The van der Waals surface area contributed by atoms with Crippen molar-refractivity contribution in [2.45, 2.75) is 44.1 Å². The van der Waals surface area contributed by atoms with Crippen molar-refractivity contribution in [3.63, 3.8) is 0 Å². The summed E-state index contributed by atoms with van der Waals surface area (Å²) in [5.41, 5.74) is 4.03. The fourth-order valence-corrected chi connectivity index (χ4v) is 8.47. The third kappa shape index (κ3) is 7.65. The Balaban J connectivity index is 1.07. The first-order valence-corrected chi connectivity index (χ1v) is 19.1. The van der Waals surface area contributed by atoms with Crippen molar-refractivity contribution in [1.82, 2.24) is 24.3 Å². The van der Waals surface area contributed by atoms with E-state index in [-0.39, 0.29) is 23.0 Å². The summed E-state index contributed by atoms with van der Waals surface area (Å²) in [6, 6.07) is 21.1. The fourth-order valence-electron chi connectivity index (χ4n) is 8.17. The van der Waals surface area contributed by atoms with Crippen LogP contribution in [0.2, 0.25) is 10.0 Å². The van der Waals surface area contributed by atoms with Gasteiger partial charge in [0.2, 0.25) is 11.5 Å². The first-order chi connectivity index (χ1) is 26.2. The Labute approximate surface area is 325 Å². The van der Waals surface area contributed by atoms with Crippen LogP contribution in [0.25, 0.3) is 11.0 Å². The van der Waals surface area contributed by atoms with Crippen LogP contribution in [0.4, 0.5) is 0 Å². The van der Waals surface area contributed by atoms with Crippen molar-refractivity contribution < 1.29 is 23.8 Å². The minimum atomic E-state index is -0.354. The number of pyridine rings is 1. The van der Waals surface area contributed by atoms with Crippen LogP contribution in [-0.2, 0) is 12.0 Å². The van der Waals surface area contributed by atoms with Gasteiger partial charge in [-0.1, -0.05) is 41.4 Å². The first kappa shape index (κ1) is 37.7. The van der Waals surface area contributed by atoms with Crippen LogP contribution >= 0.6 is 23.2 Å². The van der Waals surface area contributed by atoms with E-state index < -0.39 is 0 Å². The average molecular weight is 771 g/mol. The number of Topliss-reactive ketones (excluding diaryl/α,β-unsaturated/α-hetero) is 1. The predicted molar refractivity (Wildman–Crippen MR) is 211 cm³/mol. The van der Waals surface area contributed by atoms with Gasteiger partial charge in [-0.3, -0.25) is 14.6 Å². The molecule has 1 atom stereocenters. The van der Waals surface area contributed by atoms with Gasteiger partial charge in [-0.25, -0.2) is 4.98 Å². The van der Waals surface area contributed by atoms with Crippen LogP contribution in [0, 0.1) is 5.92 Å². The molecule has 4 heterocycles. The summed E-state index contributed by atoms with van der Waals surface area (Å²) in [6.07, 6.45) is 7.58. The lowest BCUT2D eigenvalue weighted by Crippen LogP contribution is -2.50. The number of likely N-dealkylation sites (tertiary alicyclic amines) is 2. The molecule has 2 aromatic heterocycles. The Bertz CT molecular complexity index is 2110. The van der Waals surface area contributed by atoms with Gasteiger partial charge in [-0.2, -0.15) is 0 Å².